The summed E-state index contributed by atoms with van der Waals surface area (Å²) in [7, 11) is 3.06. The van der Waals surface area contributed by atoms with Gasteiger partial charge in [-0.25, -0.2) is 14.3 Å². The molecule has 3 aromatic rings. The van der Waals surface area contributed by atoms with E-state index in [9.17, 15) is 9.90 Å². The number of hydrogen-bond acceptors (Lipinski definition) is 5. The average molecular weight is 325 g/mol. The quantitative estimate of drug-likeness (QED) is 0.792. The summed E-state index contributed by atoms with van der Waals surface area (Å²) in [6.07, 6.45) is 3.38. The van der Waals surface area contributed by atoms with Gasteiger partial charge in [0.15, 0.2) is 17.1 Å². The minimum Gasteiger partial charge on any atom is -0.493 e. The molecular formula is C17H15N3O4. The van der Waals surface area contributed by atoms with Gasteiger partial charge in [0.05, 0.1) is 19.9 Å². The summed E-state index contributed by atoms with van der Waals surface area (Å²) in [5.41, 5.74) is 2.38. The van der Waals surface area contributed by atoms with Gasteiger partial charge in [0.1, 0.15) is 5.52 Å². The summed E-state index contributed by atoms with van der Waals surface area (Å²) >= 11 is 0. The summed E-state index contributed by atoms with van der Waals surface area (Å²) in [6.45, 7) is 3.79. The first-order valence-electron chi connectivity index (χ1n) is 7.06. The zero-order chi connectivity index (χ0) is 17.3. The van der Waals surface area contributed by atoms with Crippen molar-refractivity contribution in [2.75, 3.05) is 14.2 Å². The largest absolute Gasteiger partial charge is 0.493 e. The molecule has 0 aliphatic heterocycles. The van der Waals surface area contributed by atoms with Crippen molar-refractivity contribution >= 4 is 23.3 Å². The third-order valence-corrected chi connectivity index (χ3v) is 3.68. The van der Waals surface area contributed by atoms with Gasteiger partial charge in [-0.05, 0) is 18.2 Å². The number of hydrogen-bond donors (Lipinski definition) is 1. The van der Waals surface area contributed by atoms with Crippen LogP contribution in [-0.2, 0) is 0 Å². The number of nitrogens with zero attached hydrogens (tertiary/aromatic N) is 3. The van der Waals surface area contributed by atoms with E-state index in [4.69, 9.17) is 9.47 Å². The zero-order valence-corrected chi connectivity index (χ0v) is 13.2. The Morgan fingerprint density at radius 2 is 1.92 bits per heavy atom. The Bertz CT molecular complexity index is 946. The number of ether oxygens (including phenoxy) is 2. The molecule has 2 aromatic heterocycles. The van der Waals surface area contributed by atoms with Crippen LogP contribution in [0, 0.1) is 0 Å². The molecule has 0 saturated carbocycles. The number of methoxy groups -OCH3 is 2. The van der Waals surface area contributed by atoms with Gasteiger partial charge in [-0.1, -0.05) is 12.7 Å². The molecule has 0 spiro atoms. The molecule has 0 aliphatic rings. The average Bonchev–Trinajstić information content (AvgIpc) is 2.95. The van der Waals surface area contributed by atoms with Crippen LogP contribution in [0.3, 0.4) is 0 Å². The van der Waals surface area contributed by atoms with Crippen molar-refractivity contribution in [3.8, 4) is 22.8 Å². The fourth-order valence-corrected chi connectivity index (χ4v) is 2.67. The van der Waals surface area contributed by atoms with Crippen molar-refractivity contribution in [3.05, 3.63) is 42.7 Å². The first-order chi connectivity index (χ1) is 11.6. The van der Waals surface area contributed by atoms with Crippen LogP contribution < -0.4 is 9.47 Å². The lowest BCUT2D eigenvalue weighted by Crippen LogP contribution is -2.10. The van der Waals surface area contributed by atoms with Gasteiger partial charge in [-0.15, -0.1) is 0 Å². The monoisotopic (exact) mass is 325 g/mol. The number of benzene rings is 1. The Balaban J connectivity index is 2.39. The molecule has 1 N–H and O–H groups in total. The number of rotatable bonds is 4. The molecule has 0 fully saturated rings. The first kappa shape index (κ1) is 15.5. The van der Waals surface area contributed by atoms with E-state index in [1.54, 1.807) is 24.3 Å². The van der Waals surface area contributed by atoms with E-state index in [1.807, 2.05) is 0 Å². The van der Waals surface area contributed by atoms with E-state index in [1.165, 1.54) is 26.6 Å². The van der Waals surface area contributed by atoms with Crippen molar-refractivity contribution in [2.45, 2.75) is 0 Å². The molecule has 7 nitrogen and oxygen atoms in total. The fraction of sp³-hybridized carbons (Fsp3) is 0.118. The molecule has 0 unspecified atom stereocenters. The maximum Gasteiger partial charge on any atom is 0.417 e. The highest BCUT2D eigenvalue weighted by atomic mass is 16.5. The lowest BCUT2D eigenvalue weighted by atomic mass is 10.1. The Morgan fingerprint density at radius 3 is 2.54 bits per heavy atom. The lowest BCUT2D eigenvalue weighted by Gasteiger charge is -2.11. The van der Waals surface area contributed by atoms with Crippen molar-refractivity contribution in [2.24, 2.45) is 0 Å². The van der Waals surface area contributed by atoms with Crippen molar-refractivity contribution in [1.29, 1.82) is 0 Å². The first-order valence-corrected chi connectivity index (χ1v) is 7.06. The van der Waals surface area contributed by atoms with Crippen LogP contribution in [0.2, 0.25) is 0 Å². The van der Waals surface area contributed by atoms with E-state index in [-0.39, 0.29) is 5.65 Å². The van der Waals surface area contributed by atoms with Crippen LogP contribution in [0.25, 0.3) is 28.5 Å². The Morgan fingerprint density at radius 1 is 1.21 bits per heavy atom. The van der Waals surface area contributed by atoms with E-state index in [2.05, 4.69) is 16.5 Å². The second kappa shape index (κ2) is 6.04. The molecule has 0 radical (unpaired) electrons. The van der Waals surface area contributed by atoms with Crippen LogP contribution >= 0.6 is 0 Å². The zero-order valence-electron chi connectivity index (χ0n) is 13.2. The van der Waals surface area contributed by atoms with E-state index in [0.29, 0.717) is 33.8 Å². The summed E-state index contributed by atoms with van der Waals surface area (Å²) in [4.78, 5) is 20.2. The second-order valence-corrected chi connectivity index (χ2v) is 4.88. The minimum atomic E-state index is -1.15. The van der Waals surface area contributed by atoms with Gasteiger partial charge in [0.2, 0.25) is 0 Å². The van der Waals surface area contributed by atoms with Crippen molar-refractivity contribution in [1.82, 2.24) is 14.5 Å². The maximum absolute atomic E-state index is 11.8. The molecule has 0 bridgehead atoms. The highest BCUT2D eigenvalue weighted by Gasteiger charge is 2.23. The van der Waals surface area contributed by atoms with Crippen LogP contribution in [0.1, 0.15) is 5.56 Å². The molecule has 24 heavy (non-hydrogen) atoms. The van der Waals surface area contributed by atoms with Gasteiger partial charge >= 0.3 is 6.09 Å². The number of aromatic nitrogens is 3. The fourth-order valence-electron chi connectivity index (χ4n) is 2.67. The smallest absolute Gasteiger partial charge is 0.417 e. The summed E-state index contributed by atoms with van der Waals surface area (Å²) < 4.78 is 11.6. The predicted molar refractivity (Wildman–Crippen MR) is 89.6 cm³/mol. The summed E-state index contributed by atoms with van der Waals surface area (Å²) in [5, 5.41) is 9.67. The van der Waals surface area contributed by atoms with Gasteiger partial charge < -0.3 is 14.6 Å². The van der Waals surface area contributed by atoms with Crippen molar-refractivity contribution < 1.29 is 19.4 Å². The van der Waals surface area contributed by atoms with Crippen LogP contribution in [0.5, 0.6) is 11.5 Å². The molecule has 0 saturated heterocycles. The Hall–Kier alpha value is -3.35. The summed E-state index contributed by atoms with van der Waals surface area (Å²) in [5.74, 6) is 1.05. The van der Waals surface area contributed by atoms with E-state index in [0.717, 1.165) is 4.57 Å². The lowest BCUT2D eigenvalue weighted by molar-refractivity contribution is 0.197. The molecule has 0 atom stereocenters. The standard InChI is InChI=1S/C17H15N3O4/c1-4-11-14-16(19-8-7-18-14)20(17(21)22)15(11)10-5-6-12(23-2)13(9-10)24-3/h4-9H,1H2,2-3H3,(H,21,22). The number of fused-ring (bicyclic) bond motifs is 1. The van der Waals surface area contributed by atoms with E-state index < -0.39 is 6.09 Å². The molecule has 0 aliphatic carbocycles. The third-order valence-electron chi connectivity index (χ3n) is 3.68. The second-order valence-electron chi connectivity index (χ2n) is 4.88. The molecule has 122 valence electrons. The Kier molecular flexibility index (Phi) is 3.91. The molecule has 0 amide bonds. The normalized spacial score (nSPS) is 10.6. The van der Waals surface area contributed by atoms with Crippen molar-refractivity contribution in [3.63, 3.8) is 0 Å². The van der Waals surface area contributed by atoms with Gasteiger partial charge in [-0.3, -0.25) is 4.98 Å². The third kappa shape index (κ3) is 2.26. The van der Waals surface area contributed by atoms with E-state index >= 15 is 0 Å². The highest BCUT2D eigenvalue weighted by Crippen LogP contribution is 2.37. The van der Waals surface area contributed by atoms with Gasteiger partial charge in [0.25, 0.3) is 0 Å². The van der Waals surface area contributed by atoms with Crippen LogP contribution in [0.15, 0.2) is 37.2 Å². The molecule has 2 heterocycles. The molecular weight excluding hydrogens is 310 g/mol. The highest BCUT2D eigenvalue weighted by molar-refractivity contribution is 5.99. The number of carboxylic acid groups (broad SMARTS) is 1. The van der Waals surface area contributed by atoms with Gasteiger partial charge in [0, 0.05) is 23.5 Å². The van der Waals surface area contributed by atoms with Crippen LogP contribution in [-0.4, -0.2) is 40.0 Å². The molecule has 7 heteroatoms. The van der Waals surface area contributed by atoms with Crippen LogP contribution in [0.4, 0.5) is 4.79 Å². The summed E-state index contributed by atoms with van der Waals surface area (Å²) in [6, 6.07) is 5.17. The maximum atomic E-state index is 11.8. The topological polar surface area (TPSA) is 86.5 Å². The molecule has 3 rings (SSSR count). The Labute approximate surface area is 137 Å². The number of carbonyl (C=O) groups is 1. The predicted octanol–water partition coefficient (Wildman–Crippen LogP) is 3.28. The van der Waals surface area contributed by atoms with Gasteiger partial charge in [-0.2, -0.15) is 0 Å². The SMILES string of the molecule is C=Cc1c(-c2ccc(OC)c(OC)c2)n(C(=O)O)c2nccnc12. The molecule has 1 aromatic carbocycles. The minimum absolute atomic E-state index is 0.254.